The molecule has 1 saturated heterocycles. The molecule has 20 heavy (non-hydrogen) atoms. The first-order valence-corrected chi connectivity index (χ1v) is 6.92. The lowest BCUT2D eigenvalue weighted by molar-refractivity contribution is -0.110. The number of rotatable bonds is 4. The second kappa shape index (κ2) is 5.32. The van der Waals surface area contributed by atoms with E-state index in [-0.39, 0.29) is 11.8 Å². The lowest BCUT2D eigenvalue weighted by atomic mass is 9.82. The number of benzene rings is 1. The highest BCUT2D eigenvalue weighted by Crippen LogP contribution is 2.33. The fourth-order valence-corrected chi connectivity index (χ4v) is 2.33. The van der Waals surface area contributed by atoms with Crippen LogP contribution in [0.2, 0.25) is 0 Å². The number of anilines is 1. The molecule has 2 rings (SSSR count). The summed E-state index contributed by atoms with van der Waals surface area (Å²) in [6.45, 7) is 6.90. The van der Waals surface area contributed by atoms with Crippen LogP contribution in [0.4, 0.5) is 5.69 Å². The quantitative estimate of drug-likeness (QED) is 0.819. The Kier molecular flexibility index (Phi) is 3.90. The third-order valence-electron chi connectivity index (χ3n) is 3.86. The van der Waals surface area contributed by atoms with Gasteiger partial charge in [-0.15, -0.1) is 0 Å². The van der Waals surface area contributed by atoms with Crippen LogP contribution in [0.3, 0.4) is 0 Å². The number of carbonyl (C=O) groups excluding carboxylic acids is 1. The second-order valence-corrected chi connectivity index (χ2v) is 5.57. The van der Waals surface area contributed by atoms with Crippen molar-refractivity contribution in [2.45, 2.75) is 26.4 Å². The SMILES string of the molecule is CCOc1cccc(N)c1C(=O)N1CC(O)(C(C)C)C1. The normalized spacial score (nSPS) is 16.9. The van der Waals surface area contributed by atoms with Crippen molar-refractivity contribution in [3.63, 3.8) is 0 Å². The van der Waals surface area contributed by atoms with Crippen LogP contribution in [0.1, 0.15) is 31.1 Å². The highest BCUT2D eigenvalue weighted by molar-refractivity contribution is 6.02. The molecule has 5 heteroatoms. The number of likely N-dealkylation sites (tertiary alicyclic amines) is 1. The Morgan fingerprint density at radius 3 is 2.70 bits per heavy atom. The van der Waals surface area contributed by atoms with Crippen LogP contribution in [0.15, 0.2) is 18.2 Å². The van der Waals surface area contributed by atoms with E-state index >= 15 is 0 Å². The first-order valence-electron chi connectivity index (χ1n) is 6.92. The van der Waals surface area contributed by atoms with E-state index in [1.807, 2.05) is 20.8 Å². The summed E-state index contributed by atoms with van der Waals surface area (Å²) in [4.78, 5) is 14.1. The third-order valence-corrected chi connectivity index (χ3v) is 3.86. The zero-order valence-electron chi connectivity index (χ0n) is 12.2. The smallest absolute Gasteiger partial charge is 0.259 e. The minimum absolute atomic E-state index is 0.117. The third kappa shape index (κ3) is 2.45. The van der Waals surface area contributed by atoms with Crippen molar-refractivity contribution in [3.05, 3.63) is 23.8 Å². The zero-order chi connectivity index (χ0) is 14.9. The van der Waals surface area contributed by atoms with Gasteiger partial charge in [-0.25, -0.2) is 0 Å². The van der Waals surface area contributed by atoms with Gasteiger partial charge < -0.3 is 20.5 Å². The van der Waals surface area contributed by atoms with Gasteiger partial charge in [-0.05, 0) is 25.0 Å². The first kappa shape index (κ1) is 14.7. The molecule has 1 amide bonds. The summed E-state index contributed by atoms with van der Waals surface area (Å²) in [5.74, 6) is 0.431. The van der Waals surface area contributed by atoms with Gasteiger partial charge in [0.25, 0.3) is 5.91 Å². The van der Waals surface area contributed by atoms with Crippen LogP contribution in [0.5, 0.6) is 5.75 Å². The average Bonchev–Trinajstić information content (AvgIpc) is 2.34. The van der Waals surface area contributed by atoms with Crippen LogP contribution in [0.25, 0.3) is 0 Å². The van der Waals surface area contributed by atoms with E-state index in [1.165, 1.54) is 0 Å². The summed E-state index contributed by atoms with van der Waals surface area (Å²) >= 11 is 0. The fourth-order valence-electron chi connectivity index (χ4n) is 2.33. The van der Waals surface area contributed by atoms with E-state index < -0.39 is 5.60 Å². The van der Waals surface area contributed by atoms with Crippen molar-refractivity contribution < 1.29 is 14.6 Å². The second-order valence-electron chi connectivity index (χ2n) is 5.57. The highest BCUT2D eigenvalue weighted by atomic mass is 16.5. The van der Waals surface area contributed by atoms with Gasteiger partial charge in [-0.2, -0.15) is 0 Å². The van der Waals surface area contributed by atoms with E-state index in [9.17, 15) is 9.90 Å². The molecule has 0 aromatic heterocycles. The van der Waals surface area contributed by atoms with Gasteiger partial charge in [-0.1, -0.05) is 19.9 Å². The Balaban J connectivity index is 2.19. The lowest BCUT2D eigenvalue weighted by Crippen LogP contribution is -2.66. The maximum Gasteiger partial charge on any atom is 0.259 e. The van der Waals surface area contributed by atoms with Crippen molar-refractivity contribution in [1.82, 2.24) is 4.90 Å². The van der Waals surface area contributed by atoms with E-state index in [1.54, 1.807) is 23.1 Å². The maximum atomic E-state index is 12.5. The van der Waals surface area contributed by atoms with Crippen LogP contribution < -0.4 is 10.5 Å². The van der Waals surface area contributed by atoms with E-state index in [2.05, 4.69) is 0 Å². The Bertz CT molecular complexity index is 508. The van der Waals surface area contributed by atoms with Gasteiger partial charge >= 0.3 is 0 Å². The van der Waals surface area contributed by atoms with Crippen molar-refractivity contribution >= 4 is 11.6 Å². The Labute approximate surface area is 119 Å². The first-order chi connectivity index (χ1) is 9.39. The van der Waals surface area contributed by atoms with E-state index in [0.29, 0.717) is 36.7 Å². The van der Waals surface area contributed by atoms with Crippen LogP contribution in [-0.4, -0.2) is 41.2 Å². The summed E-state index contributed by atoms with van der Waals surface area (Å²) in [7, 11) is 0. The van der Waals surface area contributed by atoms with Gasteiger partial charge in [0, 0.05) is 5.69 Å². The van der Waals surface area contributed by atoms with Crippen molar-refractivity contribution in [1.29, 1.82) is 0 Å². The summed E-state index contributed by atoms with van der Waals surface area (Å²) in [5, 5.41) is 10.2. The van der Waals surface area contributed by atoms with E-state index in [4.69, 9.17) is 10.5 Å². The predicted molar refractivity (Wildman–Crippen MR) is 77.7 cm³/mol. The van der Waals surface area contributed by atoms with Crippen molar-refractivity contribution in [3.8, 4) is 5.75 Å². The molecule has 0 bridgehead atoms. The number of amides is 1. The van der Waals surface area contributed by atoms with Gasteiger partial charge in [0.2, 0.25) is 0 Å². The van der Waals surface area contributed by atoms with Gasteiger partial charge in [0.1, 0.15) is 16.9 Å². The number of hydrogen-bond donors (Lipinski definition) is 2. The molecule has 110 valence electrons. The van der Waals surface area contributed by atoms with E-state index in [0.717, 1.165) is 0 Å². The zero-order valence-corrected chi connectivity index (χ0v) is 12.2. The molecule has 0 aliphatic carbocycles. The summed E-state index contributed by atoms with van der Waals surface area (Å²) in [6.07, 6.45) is 0. The number of carbonyl (C=O) groups is 1. The van der Waals surface area contributed by atoms with Gasteiger partial charge in [0.05, 0.1) is 19.7 Å². The minimum atomic E-state index is -0.787. The van der Waals surface area contributed by atoms with Crippen LogP contribution in [0, 0.1) is 5.92 Å². The molecule has 5 nitrogen and oxygen atoms in total. The van der Waals surface area contributed by atoms with Crippen LogP contribution >= 0.6 is 0 Å². The van der Waals surface area contributed by atoms with Gasteiger partial charge in [-0.3, -0.25) is 4.79 Å². The Hall–Kier alpha value is -1.75. The molecular formula is C15H22N2O3. The molecule has 1 fully saturated rings. The topological polar surface area (TPSA) is 75.8 Å². The number of ether oxygens (including phenoxy) is 1. The Morgan fingerprint density at radius 2 is 2.15 bits per heavy atom. The summed E-state index contributed by atoms with van der Waals surface area (Å²) in [6, 6.07) is 5.18. The lowest BCUT2D eigenvalue weighted by Gasteiger charge is -2.49. The fraction of sp³-hybridized carbons (Fsp3) is 0.533. The molecule has 0 atom stereocenters. The molecule has 1 aromatic rings. The molecule has 0 saturated carbocycles. The molecule has 0 unspecified atom stereocenters. The van der Waals surface area contributed by atoms with Crippen molar-refractivity contribution in [2.75, 3.05) is 25.4 Å². The molecule has 0 spiro atoms. The predicted octanol–water partition coefficient (Wildman–Crippen LogP) is 1.51. The molecule has 3 N–H and O–H groups in total. The molecule has 0 radical (unpaired) electrons. The summed E-state index contributed by atoms with van der Waals surface area (Å²) < 4.78 is 5.47. The number of aliphatic hydroxyl groups is 1. The molecule has 1 aromatic carbocycles. The molecule has 1 aliphatic rings. The standard InChI is InChI=1S/C15H22N2O3/c1-4-20-12-7-5-6-11(16)13(12)14(18)17-8-15(19,9-17)10(2)3/h5-7,10,19H,4,8-9,16H2,1-3H3. The highest BCUT2D eigenvalue weighted by Gasteiger charge is 2.46. The van der Waals surface area contributed by atoms with Gasteiger partial charge in [0.15, 0.2) is 0 Å². The summed E-state index contributed by atoms with van der Waals surface area (Å²) in [5.41, 5.74) is 5.91. The number of nitrogens with two attached hydrogens (primary N) is 1. The largest absolute Gasteiger partial charge is 0.493 e. The number of hydrogen-bond acceptors (Lipinski definition) is 4. The van der Waals surface area contributed by atoms with Crippen molar-refractivity contribution in [2.24, 2.45) is 5.92 Å². The number of nitrogens with zero attached hydrogens (tertiary/aromatic N) is 1. The minimum Gasteiger partial charge on any atom is -0.493 e. The maximum absolute atomic E-state index is 12.5. The number of β-amino-alcohol motifs (C(OH)–C–C–N with tert-alkyl or cyclic N) is 1. The molecular weight excluding hydrogens is 256 g/mol. The monoisotopic (exact) mass is 278 g/mol. The Morgan fingerprint density at radius 1 is 1.50 bits per heavy atom. The molecule has 1 aliphatic heterocycles. The molecule has 1 heterocycles. The number of nitrogen functional groups attached to an aromatic ring is 1. The van der Waals surface area contributed by atoms with Crippen LogP contribution in [-0.2, 0) is 0 Å². The average molecular weight is 278 g/mol.